The van der Waals surface area contributed by atoms with E-state index in [0.29, 0.717) is 62.0 Å². The van der Waals surface area contributed by atoms with Gasteiger partial charge in [-0.05, 0) is 99.0 Å². The fraction of sp³-hybridized carbons (Fsp3) is 0.375. The van der Waals surface area contributed by atoms with E-state index in [9.17, 15) is 0 Å². The Morgan fingerprint density at radius 3 is 1.52 bits per heavy atom. The lowest BCUT2D eigenvalue weighted by molar-refractivity contribution is 0.201. The van der Waals surface area contributed by atoms with Crippen LogP contribution in [0, 0.1) is 11.3 Å². The summed E-state index contributed by atoms with van der Waals surface area (Å²) in [4.78, 5) is 2.43. The van der Waals surface area contributed by atoms with Gasteiger partial charge in [0.15, 0.2) is 6.61 Å². The number of halogens is 4. The molecule has 5 rings (SSSR count). The van der Waals surface area contributed by atoms with Gasteiger partial charge in [-0.3, -0.25) is 0 Å². The van der Waals surface area contributed by atoms with E-state index < -0.39 is 0 Å². The first-order valence-electron chi connectivity index (χ1n) is 17.8. The molecule has 4 aromatic carbocycles. The molecule has 0 atom stereocenters. The highest BCUT2D eigenvalue weighted by Crippen LogP contribution is 2.33. The number of rotatable bonds is 12. The molecule has 0 spiro atoms. The second-order valence-electron chi connectivity index (χ2n) is 12.1. The van der Waals surface area contributed by atoms with Crippen molar-refractivity contribution in [3.8, 4) is 23.3 Å². The van der Waals surface area contributed by atoms with Crippen LogP contribution in [0.25, 0.3) is 0 Å². The van der Waals surface area contributed by atoms with Crippen molar-refractivity contribution in [2.24, 2.45) is 0 Å². The molecule has 0 bridgehead atoms. The largest absolute Gasteiger partial charge is 0.492 e. The van der Waals surface area contributed by atoms with Gasteiger partial charge >= 0.3 is 0 Å². The highest BCUT2D eigenvalue weighted by Gasteiger charge is 2.21. The fourth-order valence-electron chi connectivity index (χ4n) is 5.27. The van der Waals surface area contributed by atoms with Crippen molar-refractivity contribution >= 4 is 74.8 Å². The van der Waals surface area contributed by atoms with Crippen LogP contribution in [0.15, 0.2) is 72.8 Å². The molecule has 54 heavy (non-hydrogen) atoms. The van der Waals surface area contributed by atoms with E-state index in [0.717, 1.165) is 35.8 Å². The van der Waals surface area contributed by atoms with E-state index in [4.69, 9.17) is 93.9 Å². The summed E-state index contributed by atoms with van der Waals surface area (Å²) in [5.41, 5.74) is 25.9. The lowest BCUT2D eigenvalue weighted by Gasteiger charge is -2.36. The van der Waals surface area contributed by atoms with Crippen LogP contribution in [0.4, 0.5) is 28.4 Å². The first kappa shape index (κ1) is 46.0. The van der Waals surface area contributed by atoms with E-state index >= 15 is 0 Å². The normalized spacial score (nSPS) is 12.0. The molecule has 0 unspecified atom stereocenters. The lowest BCUT2D eigenvalue weighted by Crippen LogP contribution is -2.36. The first-order chi connectivity index (χ1) is 25.9. The molecule has 1 aliphatic carbocycles. The second kappa shape index (κ2) is 25.8. The summed E-state index contributed by atoms with van der Waals surface area (Å²) in [6, 6.07) is 23.5. The molecule has 0 saturated heterocycles. The first-order valence-corrected chi connectivity index (χ1v) is 19.3. The highest BCUT2D eigenvalue weighted by atomic mass is 35.5. The standard InChI is InChI=1S/C14H21ClN2.C10H14ClNO.C8H7ClN2O.C8H10ClNO2/c1-2-17(12-6-4-3-5-7-12)14-9-8-11(16)10-13(14)15;1-2-3-6-13-10-5-4-8(12)7-9(10)11;9-7-5-6(11)1-2-8(7)12-4-3-10;9-7-5-6(10)1-2-8(7)12-4-3-11/h8-10,12H,2-7,16H2,1H3;4-5,7H,2-3,6,12H2,1H3;1-2,5H,4,11H2;1-2,5,11H,3-4,10H2. The van der Waals surface area contributed by atoms with Gasteiger partial charge in [0.1, 0.15) is 29.9 Å². The number of aliphatic hydroxyl groups is 1. The second-order valence-corrected chi connectivity index (χ2v) is 13.7. The Morgan fingerprint density at radius 1 is 0.667 bits per heavy atom. The summed E-state index contributed by atoms with van der Waals surface area (Å²) in [5.74, 6) is 1.73. The van der Waals surface area contributed by atoms with Crippen LogP contribution in [-0.2, 0) is 0 Å². The minimum absolute atomic E-state index is 0.0103. The third-order valence-corrected chi connectivity index (χ3v) is 9.09. The molecule has 294 valence electrons. The zero-order valence-corrected chi connectivity index (χ0v) is 33.9. The molecule has 1 aliphatic rings. The molecule has 0 heterocycles. The minimum Gasteiger partial charge on any atom is -0.492 e. The van der Waals surface area contributed by atoms with Gasteiger partial charge in [0, 0.05) is 35.3 Å². The number of anilines is 5. The minimum atomic E-state index is -0.0271. The smallest absolute Gasteiger partial charge is 0.174 e. The van der Waals surface area contributed by atoms with Crippen LogP contribution in [0.2, 0.25) is 20.1 Å². The molecule has 0 amide bonds. The van der Waals surface area contributed by atoms with Gasteiger partial charge in [0.25, 0.3) is 0 Å². The molecule has 14 heteroatoms. The van der Waals surface area contributed by atoms with Crippen LogP contribution in [0.5, 0.6) is 17.2 Å². The Bertz CT molecular complexity index is 1740. The molecular formula is C40H52Cl4N6O4. The summed E-state index contributed by atoms with van der Waals surface area (Å²) in [5, 5.41) is 18.9. The van der Waals surface area contributed by atoms with Gasteiger partial charge in [-0.15, -0.1) is 0 Å². The van der Waals surface area contributed by atoms with E-state index in [1.807, 2.05) is 18.2 Å². The Kier molecular flexibility index (Phi) is 22.0. The highest BCUT2D eigenvalue weighted by molar-refractivity contribution is 6.34. The zero-order chi connectivity index (χ0) is 39.9. The Balaban J connectivity index is 0.000000252. The summed E-state index contributed by atoms with van der Waals surface area (Å²) in [6.07, 6.45) is 8.79. The van der Waals surface area contributed by atoms with E-state index in [2.05, 4.69) is 24.8 Å². The number of benzene rings is 4. The monoisotopic (exact) mass is 820 g/mol. The molecule has 0 radical (unpaired) electrons. The summed E-state index contributed by atoms with van der Waals surface area (Å²) in [7, 11) is 0. The number of hydrogen-bond donors (Lipinski definition) is 5. The molecule has 0 aliphatic heterocycles. The number of nitriles is 1. The van der Waals surface area contributed by atoms with Crippen LogP contribution in [-0.4, -0.2) is 44.1 Å². The SMILES string of the molecule is CCCCOc1ccc(N)cc1Cl.CCN(c1ccc(N)cc1Cl)C1CCCCC1.N#CCOc1ccc(N)cc1Cl.Nc1ccc(OCCO)c(Cl)c1. The number of nitrogens with two attached hydrogens (primary N) is 4. The average molecular weight is 823 g/mol. The van der Waals surface area contributed by atoms with Crippen LogP contribution < -0.4 is 42.0 Å². The fourth-order valence-corrected chi connectivity index (χ4v) is 6.30. The third-order valence-electron chi connectivity index (χ3n) is 7.90. The number of nitrogen functional groups attached to an aromatic ring is 4. The Morgan fingerprint density at radius 2 is 1.11 bits per heavy atom. The predicted molar refractivity (Wildman–Crippen MR) is 227 cm³/mol. The Labute approximate surface area is 339 Å². The van der Waals surface area contributed by atoms with Gasteiger partial charge in [-0.1, -0.05) is 79.0 Å². The quantitative estimate of drug-likeness (QED) is 0.0682. The van der Waals surface area contributed by atoms with Gasteiger partial charge in [0.2, 0.25) is 0 Å². The number of hydrogen-bond acceptors (Lipinski definition) is 10. The van der Waals surface area contributed by atoms with Crippen LogP contribution >= 0.6 is 46.4 Å². The van der Waals surface area contributed by atoms with Crippen molar-refractivity contribution in [2.75, 3.05) is 60.8 Å². The molecular weight excluding hydrogens is 770 g/mol. The summed E-state index contributed by atoms with van der Waals surface area (Å²) in [6.45, 7) is 6.23. The Hall–Kier alpha value is -4.11. The van der Waals surface area contributed by atoms with Crippen molar-refractivity contribution in [1.82, 2.24) is 0 Å². The summed E-state index contributed by atoms with van der Waals surface area (Å²) >= 11 is 23.7. The third kappa shape index (κ3) is 16.9. The van der Waals surface area contributed by atoms with E-state index in [-0.39, 0.29) is 19.8 Å². The van der Waals surface area contributed by atoms with Crippen molar-refractivity contribution in [3.05, 3.63) is 92.9 Å². The topological polar surface area (TPSA) is 179 Å². The van der Waals surface area contributed by atoms with Crippen LogP contribution in [0.1, 0.15) is 58.8 Å². The van der Waals surface area contributed by atoms with Gasteiger partial charge < -0.3 is 47.2 Å². The molecule has 9 N–H and O–H groups in total. The number of nitrogens with zero attached hydrogens (tertiary/aromatic N) is 2. The van der Waals surface area contributed by atoms with Crippen molar-refractivity contribution in [2.45, 2.75) is 64.8 Å². The molecule has 0 aromatic heterocycles. The van der Waals surface area contributed by atoms with Gasteiger partial charge in [-0.25, -0.2) is 0 Å². The molecule has 1 saturated carbocycles. The van der Waals surface area contributed by atoms with Crippen molar-refractivity contribution in [3.63, 3.8) is 0 Å². The zero-order valence-electron chi connectivity index (χ0n) is 30.9. The van der Waals surface area contributed by atoms with E-state index in [1.54, 1.807) is 54.6 Å². The average Bonchev–Trinajstić information content (AvgIpc) is 3.14. The number of aliphatic hydroxyl groups excluding tert-OH is 1. The van der Waals surface area contributed by atoms with Crippen molar-refractivity contribution < 1.29 is 19.3 Å². The molecule has 1 fully saturated rings. The van der Waals surface area contributed by atoms with Crippen LogP contribution in [0.3, 0.4) is 0 Å². The maximum atomic E-state index is 8.48. The van der Waals surface area contributed by atoms with Gasteiger partial charge in [0.05, 0.1) is 39.0 Å². The maximum Gasteiger partial charge on any atom is 0.174 e. The summed E-state index contributed by atoms with van der Waals surface area (Å²) < 4.78 is 15.5. The number of unbranched alkanes of at least 4 members (excludes halogenated alkanes) is 1. The predicted octanol–water partition coefficient (Wildman–Crippen LogP) is 10.3. The lowest BCUT2D eigenvalue weighted by atomic mass is 9.94. The molecule has 10 nitrogen and oxygen atoms in total. The maximum absolute atomic E-state index is 8.48. The van der Waals surface area contributed by atoms with E-state index in [1.165, 1.54) is 32.1 Å². The van der Waals surface area contributed by atoms with Crippen molar-refractivity contribution in [1.29, 1.82) is 5.26 Å². The molecule has 4 aromatic rings. The number of ether oxygens (including phenoxy) is 3. The van der Waals surface area contributed by atoms with Gasteiger partial charge in [-0.2, -0.15) is 5.26 Å².